The number of aliphatic hydroxyl groups is 1. The number of ether oxygens (including phenoxy) is 1. The molecule has 1 spiro atoms. The first-order chi connectivity index (χ1) is 18.0. The Morgan fingerprint density at radius 2 is 1.87 bits per heavy atom. The van der Waals surface area contributed by atoms with Gasteiger partial charge in [-0.2, -0.15) is 18.4 Å². The zero-order valence-corrected chi connectivity index (χ0v) is 21.8. The molecule has 2 fully saturated rings. The second kappa shape index (κ2) is 9.43. The second-order valence-electron chi connectivity index (χ2n) is 10.2. The Balaban J connectivity index is 1.61. The number of carbonyl (C=O) groups excluding carboxylic acids is 1. The van der Waals surface area contributed by atoms with Gasteiger partial charge in [-0.25, -0.2) is 0 Å². The number of amides is 1. The molecule has 2 aliphatic heterocycles. The SMILES string of the molecule is CC(C)N1CC(CO)Oc2ccc(N3C(=S)N(c4ccc(C#N)c(C(F)(F)F)c4)C(=O)C34CCCC4)cc21. The number of hydrogen-bond acceptors (Lipinski definition) is 6. The smallest absolute Gasteiger partial charge is 0.417 e. The van der Waals surface area contributed by atoms with Crippen molar-refractivity contribution >= 4 is 40.3 Å². The summed E-state index contributed by atoms with van der Waals surface area (Å²) in [4.78, 5) is 19.0. The molecular weight excluding hydrogens is 517 g/mol. The van der Waals surface area contributed by atoms with Crippen molar-refractivity contribution in [1.82, 2.24) is 0 Å². The van der Waals surface area contributed by atoms with Crippen molar-refractivity contribution < 1.29 is 27.8 Å². The van der Waals surface area contributed by atoms with E-state index in [1.165, 1.54) is 11.0 Å². The zero-order valence-electron chi connectivity index (χ0n) is 21.0. The van der Waals surface area contributed by atoms with Crippen LogP contribution in [0.5, 0.6) is 5.75 Å². The van der Waals surface area contributed by atoms with Gasteiger partial charge in [0.05, 0.1) is 41.7 Å². The Morgan fingerprint density at radius 1 is 1.18 bits per heavy atom. The molecule has 1 saturated heterocycles. The number of carbonyl (C=O) groups is 1. The number of rotatable bonds is 4. The van der Waals surface area contributed by atoms with Crippen LogP contribution in [0.3, 0.4) is 0 Å². The molecule has 3 aliphatic rings. The number of benzene rings is 2. The third kappa shape index (κ3) is 4.07. The maximum atomic E-state index is 14.0. The highest BCUT2D eigenvalue weighted by Gasteiger charge is 2.57. The van der Waals surface area contributed by atoms with Gasteiger partial charge in [0.1, 0.15) is 17.4 Å². The molecule has 0 aromatic heterocycles. The summed E-state index contributed by atoms with van der Waals surface area (Å²) in [6, 6.07) is 10.4. The molecule has 11 heteroatoms. The van der Waals surface area contributed by atoms with Gasteiger partial charge in [-0.1, -0.05) is 12.8 Å². The van der Waals surface area contributed by atoms with Crippen LogP contribution in [-0.4, -0.2) is 47.0 Å². The molecule has 1 saturated carbocycles. The number of fused-ring (bicyclic) bond motifs is 1. The lowest BCUT2D eigenvalue weighted by atomic mass is 9.94. The monoisotopic (exact) mass is 544 g/mol. The third-order valence-electron chi connectivity index (χ3n) is 7.56. The van der Waals surface area contributed by atoms with Crippen LogP contribution in [0.2, 0.25) is 0 Å². The minimum absolute atomic E-state index is 0.0176. The summed E-state index contributed by atoms with van der Waals surface area (Å²) in [5, 5.41) is 19.0. The number of thiocarbonyl (C=S) groups is 1. The number of halogens is 3. The normalized spacial score (nSPS) is 20.8. The Labute approximate surface area is 224 Å². The van der Waals surface area contributed by atoms with Crippen LogP contribution in [0.15, 0.2) is 36.4 Å². The molecule has 38 heavy (non-hydrogen) atoms. The summed E-state index contributed by atoms with van der Waals surface area (Å²) >= 11 is 5.79. The minimum Gasteiger partial charge on any atom is -0.484 e. The first-order valence-corrected chi connectivity index (χ1v) is 12.9. The van der Waals surface area contributed by atoms with Crippen LogP contribution in [0.25, 0.3) is 0 Å². The highest BCUT2D eigenvalue weighted by Crippen LogP contribution is 2.48. The molecule has 2 aromatic rings. The fourth-order valence-corrected chi connectivity index (χ4v) is 6.22. The van der Waals surface area contributed by atoms with Crippen LogP contribution in [0, 0.1) is 11.3 Å². The predicted octanol–water partition coefficient (Wildman–Crippen LogP) is 5.00. The van der Waals surface area contributed by atoms with E-state index in [1.54, 1.807) is 23.1 Å². The summed E-state index contributed by atoms with van der Waals surface area (Å²) in [6.07, 6.45) is -2.55. The zero-order chi connectivity index (χ0) is 27.4. The molecule has 1 amide bonds. The third-order valence-corrected chi connectivity index (χ3v) is 7.93. The van der Waals surface area contributed by atoms with Crippen molar-refractivity contribution in [3.05, 3.63) is 47.5 Å². The Hall–Kier alpha value is -3.36. The van der Waals surface area contributed by atoms with Crippen molar-refractivity contribution in [2.45, 2.75) is 63.4 Å². The standard InChI is InChI=1S/C27H27F3N4O3S/c1-16(2)32-14-20(15-35)37-23-8-7-19(12-22(23)32)34-25(38)33(24(36)26(34)9-3-4-10-26)18-6-5-17(13-31)21(11-18)27(28,29)30/h5-8,11-12,16,20,35H,3-4,9-10,14-15H2,1-2H3. The van der Waals surface area contributed by atoms with Gasteiger partial charge in [-0.15, -0.1) is 0 Å². The molecule has 200 valence electrons. The van der Waals surface area contributed by atoms with Gasteiger partial charge in [-0.3, -0.25) is 9.69 Å². The van der Waals surface area contributed by atoms with Crippen LogP contribution >= 0.6 is 12.2 Å². The molecule has 2 heterocycles. The minimum atomic E-state index is -4.76. The number of nitrogens with zero attached hydrogens (tertiary/aromatic N) is 4. The van der Waals surface area contributed by atoms with Crippen molar-refractivity contribution in [1.29, 1.82) is 5.26 Å². The predicted molar refractivity (Wildman–Crippen MR) is 140 cm³/mol. The van der Waals surface area contributed by atoms with E-state index >= 15 is 0 Å². The van der Waals surface area contributed by atoms with Crippen molar-refractivity contribution in [2.24, 2.45) is 0 Å². The topological polar surface area (TPSA) is 80.0 Å². The number of nitriles is 1. The van der Waals surface area contributed by atoms with Gasteiger partial charge in [0, 0.05) is 11.7 Å². The average Bonchev–Trinajstić information content (AvgIpc) is 3.45. The van der Waals surface area contributed by atoms with E-state index in [2.05, 4.69) is 4.90 Å². The van der Waals surface area contributed by atoms with Gasteiger partial charge in [-0.05, 0) is 75.3 Å². The molecule has 0 radical (unpaired) electrons. The fraction of sp³-hybridized carbons (Fsp3) is 0.444. The van der Waals surface area contributed by atoms with E-state index < -0.39 is 22.8 Å². The lowest BCUT2D eigenvalue weighted by molar-refractivity contribution is -0.137. The van der Waals surface area contributed by atoms with Crippen molar-refractivity contribution in [2.75, 3.05) is 27.9 Å². The lowest BCUT2D eigenvalue weighted by Gasteiger charge is -2.40. The molecule has 1 aliphatic carbocycles. The van der Waals surface area contributed by atoms with Crippen LogP contribution in [-0.2, 0) is 11.0 Å². The molecular formula is C27H27F3N4O3S. The molecule has 0 bridgehead atoms. The van der Waals surface area contributed by atoms with Crippen molar-refractivity contribution in [3.63, 3.8) is 0 Å². The summed E-state index contributed by atoms with van der Waals surface area (Å²) < 4.78 is 47.1. The van der Waals surface area contributed by atoms with Crippen LogP contribution in [0.1, 0.15) is 50.7 Å². The average molecular weight is 545 g/mol. The summed E-state index contributed by atoms with van der Waals surface area (Å²) in [5.74, 6) is 0.233. The number of alkyl halides is 3. The van der Waals surface area contributed by atoms with Crippen LogP contribution in [0.4, 0.5) is 30.2 Å². The summed E-state index contributed by atoms with van der Waals surface area (Å²) in [7, 11) is 0. The lowest BCUT2D eigenvalue weighted by Crippen LogP contribution is -2.48. The van der Waals surface area contributed by atoms with E-state index in [0.29, 0.717) is 30.8 Å². The number of aliphatic hydroxyl groups excluding tert-OH is 1. The second-order valence-corrected chi connectivity index (χ2v) is 10.5. The number of hydrogen-bond donors (Lipinski definition) is 1. The highest BCUT2D eigenvalue weighted by molar-refractivity contribution is 7.81. The molecule has 7 nitrogen and oxygen atoms in total. The maximum Gasteiger partial charge on any atom is 0.417 e. The van der Waals surface area contributed by atoms with Crippen LogP contribution < -0.4 is 19.4 Å². The Kier molecular flexibility index (Phi) is 6.52. The van der Waals surface area contributed by atoms with E-state index in [9.17, 15) is 28.3 Å². The van der Waals surface area contributed by atoms with Gasteiger partial charge >= 0.3 is 6.18 Å². The Morgan fingerprint density at radius 3 is 2.47 bits per heavy atom. The van der Waals surface area contributed by atoms with Gasteiger partial charge in [0.15, 0.2) is 5.11 Å². The first-order valence-electron chi connectivity index (χ1n) is 12.5. The Bertz CT molecular complexity index is 1330. The first kappa shape index (κ1) is 26.3. The van der Waals surface area contributed by atoms with E-state index in [4.69, 9.17) is 17.0 Å². The summed E-state index contributed by atoms with van der Waals surface area (Å²) in [5.41, 5.74) is -1.21. The fourth-order valence-electron chi connectivity index (χ4n) is 5.75. The molecule has 2 aromatic carbocycles. The highest BCUT2D eigenvalue weighted by atomic mass is 32.1. The molecule has 1 atom stereocenters. The van der Waals surface area contributed by atoms with E-state index in [-0.39, 0.29) is 35.5 Å². The molecule has 1 N–H and O–H groups in total. The van der Waals surface area contributed by atoms with Gasteiger partial charge < -0.3 is 19.6 Å². The van der Waals surface area contributed by atoms with E-state index in [1.807, 2.05) is 19.9 Å². The maximum absolute atomic E-state index is 14.0. The van der Waals surface area contributed by atoms with E-state index in [0.717, 1.165) is 30.7 Å². The number of anilines is 3. The largest absolute Gasteiger partial charge is 0.484 e. The van der Waals surface area contributed by atoms with Gasteiger partial charge in [0.2, 0.25) is 0 Å². The van der Waals surface area contributed by atoms with Gasteiger partial charge in [0.25, 0.3) is 5.91 Å². The molecule has 5 rings (SSSR count). The summed E-state index contributed by atoms with van der Waals surface area (Å²) in [6.45, 7) is 4.42. The van der Waals surface area contributed by atoms with Crippen molar-refractivity contribution in [3.8, 4) is 11.8 Å². The molecule has 1 unspecified atom stereocenters. The quantitative estimate of drug-likeness (QED) is 0.543.